The summed E-state index contributed by atoms with van der Waals surface area (Å²) in [6.07, 6.45) is 0. The third kappa shape index (κ3) is 4.75. The zero-order valence-corrected chi connectivity index (χ0v) is 17.5. The van der Waals surface area contributed by atoms with Crippen LogP contribution in [0.3, 0.4) is 0 Å². The van der Waals surface area contributed by atoms with E-state index in [2.05, 4.69) is 0 Å². The number of Topliss-reactive ketones (excluding diaryl/α,β-unsaturated/α-hetero) is 1. The number of benzene rings is 2. The minimum atomic E-state index is -0.818. The van der Waals surface area contributed by atoms with Gasteiger partial charge in [-0.05, 0) is 36.8 Å². The fourth-order valence-corrected chi connectivity index (χ4v) is 3.17. The number of halogens is 1. The second kappa shape index (κ2) is 9.44. The first kappa shape index (κ1) is 22.0. The Hall–Kier alpha value is -3.65. The average molecular weight is 442 g/mol. The van der Waals surface area contributed by atoms with Gasteiger partial charge in [-0.3, -0.25) is 18.7 Å². The molecule has 0 aliphatic rings. The molecule has 9 heteroatoms. The van der Waals surface area contributed by atoms with Crippen molar-refractivity contribution in [1.29, 1.82) is 0 Å². The number of hydrogen-bond donors (Lipinski definition) is 1. The molecule has 0 saturated heterocycles. The van der Waals surface area contributed by atoms with Crippen LogP contribution in [0.1, 0.15) is 33.2 Å². The number of ether oxygens (including phenoxy) is 1. The number of carbonyl (C=O) groups is 2. The van der Waals surface area contributed by atoms with Gasteiger partial charge in [-0.2, -0.15) is 0 Å². The lowest BCUT2D eigenvalue weighted by Crippen LogP contribution is -2.44. The van der Waals surface area contributed by atoms with Crippen LogP contribution in [0.5, 0.6) is 0 Å². The monoisotopic (exact) mass is 441 g/mol. The van der Waals surface area contributed by atoms with Crippen LogP contribution in [-0.2, 0) is 17.8 Å². The van der Waals surface area contributed by atoms with Crippen molar-refractivity contribution < 1.29 is 14.3 Å². The number of nitrogens with two attached hydrogens (primary N) is 1. The fraction of sp³-hybridized carbons (Fsp3) is 0.182. The summed E-state index contributed by atoms with van der Waals surface area (Å²) in [5.41, 5.74) is 5.21. The average Bonchev–Trinajstić information content (AvgIpc) is 2.76. The summed E-state index contributed by atoms with van der Waals surface area (Å²) in [5, 5.41) is 0.446. The van der Waals surface area contributed by atoms with Gasteiger partial charge in [-0.25, -0.2) is 9.59 Å². The predicted molar refractivity (Wildman–Crippen MR) is 117 cm³/mol. The second-order valence-corrected chi connectivity index (χ2v) is 7.11. The molecule has 0 fully saturated rings. The molecule has 2 N–H and O–H groups in total. The molecule has 0 bridgehead atoms. The maximum absolute atomic E-state index is 12.8. The van der Waals surface area contributed by atoms with Gasteiger partial charge in [-0.1, -0.05) is 41.9 Å². The molecule has 0 unspecified atom stereocenters. The van der Waals surface area contributed by atoms with Crippen molar-refractivity contribution in [1.82, 2.24) is 9.13 Å². The van der Waals surface area contributed by atoms with Crippen LogP contribution in [0.4, 0.5) is 5.82 Å². The van der Waals surface area contributed by atoms with E-state index in [4.69, 9.17) is 22.1 Å². The van der Waals surface area contributed by atoms with Crippen LogP contribution in [0, 0.1) is 0 Å². The molecule has 1 aromatic heterocycles. The number of carbonyl (C=O) groups excluding carboxylic acids is 2. The van der Waals surface area contributed by atoms with E-state index >= 15 is 0 Å². The van der Waals surface area contributed by atoms with E-state index in [1.165, 1.54) is 24.3 Å². The molecule has 160 valence electrons. The van der Waals surface area contributed by atoms with E-state index in [1.54, 1.807) is 31.2 Å². The summed E-state index contributed by atoms with van der Waals surface area (Å²) in [5.74, 6) is -1.82. The predicted octanol–water partition coefficient (Wildman–Crippen LogP) is 2.35. The highest BCUT2D eigenvalue weighted by Crippen LogP contribution is 2.12. The highest BCUT2D eigenvalue weighted by Gasteiger charge is 2.23. The van der Waals surface area contributed by atoms with Crippen molar-refractivity contribution in [2.24, 2.45) is 0 Å². The molecular weight excluding hydrogens is 422 g/mol. The van der Waals surface area contributed by atoms with E-state index < -0.39 is 29.6 Å². The lowest BCUT2D eigenvalue weighted by molar-refractivity contribution is 0.0474. The Bertz CT molecular complexity index is 1230. The number of hydrogen-bond acceptors (Lipinski definition) is 6. The highest BCUT2D eigenvalue weighted by molar-refractivity contribution is 6.30. The molecule has 0 saturated carbocycles. The molecule has 1 heterocycles. The standard InChI is InChI=1S/C22H20ClN3O5/c1-2-25-20(28)18(17(27)13-31-21(29)15-8-10-16(23)11-9-15)19(24)26(22(25)30)12-14-6-4-3-5-7-14/h3-11H,2,12-13,24H2,1H3. The van der Waals surface area contributed by atoms with Gasteiger partial charge < -0.3 is 10.5 Å². The molecular formula is C22H20ClN3O5. The molecule has 0 aliphatic carbocycles. The number of ketones is 1. The summed E-state index contributed by atoms with van der Waals surface area (Å²) in [7, 11) is 0. The highest BCUT2D eigenvalue weighted by atomic mass is 35.5. The molecule has 0 aliphatic heterocycles. The number of esters is 1. The molecule has 3 aromatic rings. The molecule has 8 nitrogen and oxygen atoms in total. The molecule has 0 amide bonds. The van der Waals surface area contributed by atoms with Gasteiger partial charge in [0.05, 0.1) is 12.1 Å². The third-order valence-corrected chi connectivity index (χ3v) is 4.91. The van der Waals surface area contributed by atoms with Gasteiger partial charge in [0.15, 0.2) is 6.61 Å². The summed E-state index contributed by atoms with van der Waals surface area (Å²) < 4.78 is 7.12. The van der Waals surface area contributed by atoms with Crippen molar-refractivity contribution in [3.8, 4) is 0 Å². The van der Waals surface area contributed by atoms with Crippen LogP contribution in [0.15, 0.2) is 64.2 Å². The number of nitrogens with zero attached hydrogens (tertiary/aromatic N) is 2. The van der Waals surface area contributed by atoms with Gasteiger partial charge in [0.2, 0.25) is 5.78 Å². The van der Waals surface area contributed by atoms with Crippen LogP contribution in [0.25, 0.3) is 0 Å². The van der Waals surface area contributed by atoms with Crippen LogP contribution in [0.2, 0.25) is 5.02 Å². The maximum Gasteiger partial charge on any atom is 0.338 e. The first-order valence-electron chi connectivity index (χ1n) is 9.46. The fourth-order valence-electron chi connectivity index (χ4n) is 3.05. The number of nitrogen functional groups attached to an aromatic ring is 1. The van der Waals surface area contributed by atoms with Crippen molar-refractivity contribution in [2.75, 3.05) is 12.3 Å². The minimum absolute atomic E-state index is 0.0532. The van der Waals surface area contributed by atoms with Crippen LogP contribution in [-0.4, -0.2) is 27.5 Å². The molecule has 3 rings (SSSR count). The van der Waals surface area contributed by atoms with Gasteiger partial charge in [0.1, 0.15) is 11.4 Å². The van der Waals surface area contributed by atoms with Crippen molar-refractivity contribution in [3.63, 3.8) is 0 Å². The van der Waals surface area contributed by atoms with Crippen molar-refractivity contribution in [3.05, 3.63) is 97.1 Å². The SMILES string of the molecule is CCn1c(=O)c(C(=O)COC(=O)c2ccc(Cl)cc2)c(N)n(Cc2ccccc2)c1=O. The van der Waals surface area contributed by atoms with E-state index in [-0.39, 0.29) is 30.0 Å². The minimum Gasteiger partial charge on any atom is -0.454 e. The Balaban J connectivity index is 1.92. The van der Waals surface area contributed by atoms with E-state index in [0.29, 0.717) is 5.02 Å². The van der Waals surface area contributed by atoms with Crippen molar-refractivity contribution in [2.45, 2.75) is 20.0 Å². The summed E-state index contributed by atoms with van der Waals surface area (Å²) >= 11 is 5.79. The van der Waals surface area contributed by atoms with E-state index in [9.17, 15) is 19.2 Å². The lowest BCUT2D eigenvalue weighted by Gasteiger charge is -2.16. The van der Waals surface area contributed by atoms with Gasteiger partial charge >= 0.3 is 11.7 Å². The smallest absolute Gasteiger partial charge is 0.338 e. The molecule has 0 atom stereocenters. The molecule has 31 heavy (non-hydrogen) atoms. The molecule has 2 aromatic carbocycles. The van der Waals surface area contributed by atoms with Crippen LogP contribution >= 0.6 is 11.6 Å². The largest absolute Gasteiger partial charge is 0.454 e. The molecule has 0 spiro atoms. The van der Waals surface area contributed by atoms with Crippen molar-refractivity contribution >= 4 is 29.2 Å². The zero-order chi connectivity index (χ0) is 22.5. The summed E-state index contributed by atoms with van der Waals surface area (Å²) in [4.78, 5) is 50.4. The Morgan fingerprint density at radius 1 is 1.00 bits per heavy atom. The number of aromatic nitrogens is 2. The Morgan fingerprint density at radius 2 is 1.65 bits per heavy atom. The first-order valence-corrected chi connectivity index (χ1v) is 9.84. The number of rotatable bonds is 7. The Morgan fingerprint density at radius 3 is 2.26 bits per heavy atom. The lowest BCUT2D eigenvalue weighted by atomic mass is 10.1. The van der Waals surface area contributed by atoms with Crippen LogP contribution < -0.4 is 17.0 Å². The Labute approximate surface area is 182 Å². The molecule has 0 radical (unpaired) electrons. The van der Waals surface area contributed by atoms with Gasteiger partial charge in [0.25, 0.3) is 5.56 Å². The van der Waals surface area contributed by atoms with E-state index in [1.807, 2.05) is 6.07 Å². The first-order chi connectivity index (χ1) is 14.8. The zero-order valence-electron chi connectivity index (χ0n) is 16.7. The second-order valence-electron chi connectivity index (χ2n) is 6.67. The summed E-state index contributed by atoms with van der Waals surface area (Å²) in [6, 6.07) is 14.9. The summed E-state index contributed by atoms with van der Waals surface area (Å²) in [6.45, 7) is 1.04. The van der Waals surface area contributed by atoms with E-state index in [0.717, 1.165) is 14.7 Å². The number of anilines is 1. The quantitative estimate of drug-likeness (QED) is 0.444. The maximum atomic E-state index is 12.8. The third-order valence-electron chi connectivity index (χ3n) is 4.66. The van der Waals surface area contributed by atoms with Gasteiger partial charge in [-0.15, -0.1) is 0 Å². The van der Waals surface area contributed by atoms with Gasteiger partial charge in [0, 0.05) is 11.6 Å². The normalized spacial score (nSPS) is 10.6. The topological polar surface area (TPSA) is 113 Å². The Kier molecular flexibility index (Phi) is 6.71.